The Kier molecular flexibility index (Phi) is 4.88. The summed E-state index contributed by atoms with van der Waals surface area (Å²) in [6.45, 7) is 0.846. The van der Waals surface area contributed by atoms with Crippen LogP contribution in [0, 0.1) is 0 Å². The summed E-state index contributed by atoms with van der Waals surface area (Å²) in [6, 6.07) is 0. The Hall–Kier alpha value is 0.717. The summed E-state index contributed by atoms with van der Waals surface area (Å²) >= 11 is 10.7. The number of hydrogen-bond acceptors (Lipinski definition) is 2. The predicted molar refractivity (Wildman–Crippen MR) is 38.0 cm³/mol. The Bertz CT molecular complexity index is 73.5. The Morgan fingerprint density at radius 1 is 1.44 bits per heavy atom. The minimum Gasteiger partial charge on any atom is -0.382 e. The lowest BCUT2D eigenvalue weighted by Gasteiger charge is -2.13. The lowest BCUT2D eigenvalue weighted by molar-refractivity contribution is 0.0667. The normalized spacial score (nSPS) is 12.0. The van der Waals surface area contributed by atoms with Crippen LogP contribution in [0.3, 0.4) is 0 Å². The second-order valence-corrected chi connectivity index (χ2v) is 3.95. The van der Waals surface area contributed by atoms with Gasteiger partial charge < -0.3 is 9.47 Å². The molecule has 0 aliphatic heterocycles. The van der Waals surface area contributed by atoms with E-state index < -0.39 is 4.14 Å². The second-order valence-electron chi connectivity index (χ2n) is 1.36. The molecule has 0 saturated carbocycles. The van der Waals surface area contributed by atoms with E-state index in [1.54, 1.807) is 7.11 Å². The summed E-state index contributed by atoms with van der Waals surface area (Å²) in [4.78, 5) is 0. The largest absolute Gasteiger partial charge is 0.382 e. The molecule has 0 rings (SSSR count). The molecular weight excluding hydrogens is 179 g/mol. The zero-order valence-corrected chi connectivity index (χ0v) is 7.50. The van der Waals surface area contributed by atoms with Crippen molar-refractivity contribution in [3.8, 4) is 0 Å². The average Bonchev–Trinajstić information content (AvgIpc) is 1.63. The molecule has 0 spiro atoms. The third-order valence-corrected chi connectivity index (χ3v) is 0.933. The standard InChI is InChI=1S/C4H7Cl2O2Si/c1-7-2-3-8-4(5,6)9/h2-3H2,1H3. The first-order valence-corrected chi connectivity index (χ1v) is 3.57. The highest BCUT2D eigenvalue weighted by Crippen LogP contribution is 2.16. The number of alkyl halides is 2. The molecule has 9 heavy (non-hydrogen) atoms. The summed E-state index contributed by atoms with van der Waals surface area (Å²) in [5.41, 5.74) is 0. The van der Waals surface area contributed by atoms with E-state index in [9.17, 15) is 0 Å². The molecule has 3 radical (unpaired) electrons. The van der Waals surface area contributed by atoms with Crippen LogP contribution in [0.4, 0.5) is 0 Å². The summed E-state index contributed by atoms with van der Waals surface area (Å²) < 4.78 is 8.18. The van der Waals surface area contributed by atoms with E-state index >= 15 is 0 Å². The molecule has 0 amide bonds. The van der Waals surface area contributed by atoms with Gasteiger partial charge in [0.1, 0.15) is 10.2 Å². The van der Waals surface area contributed by atoms with E-state index in [1.807, 2.05) is 0 Å². The third-order valence-electron chi connectivity index (χ3n) is 0.571. The van der Waals surface area contributed by atoms with Crippen molar-refractivity contribution in [2.45, 2.75) is 4.14 Å². The number of rotatable bonds is 4. The van der Waals surface area contributed by atoms with Crippen LogP contribution in [0.2, 0.25) is 0 Å². The van der Waals surface area contributed by atoms with Gasteiger partial charge in [0.25, 0.3) is 0 Å². The minimum atomic E-state index is -1.28. The highest BCUT2D eigenvalue weighted by Gasteiger charge is 2.15. The number of ether oxygens (including phenoxy) is 2. The molecule has 0 heterocycles. The highest BCUT2D eigenvalue weighted by molar-refractivity contribution is 6.63. The van der Waals surface area contributed by atoms with Gasteiger partial charge in [-0.3, -0.25) is 0 Å². The van der Waals surface area contributed by atoms with Crippen molar-refractivity contribution in [3.63, 3.8) is 0 Å². The molecule has 0 fully saturated rings. The fourth-order valence-electron chi connectivity index (χ4n) is 0.253. The maximum atomic E-state index is 5.37. The van der Waals surface area contributed by atoms with Crippen LogP contribution < -0.4 is 0 Å². The lowest BCUT2D eigenvalue weighted by atomic mass is 10.8. The predicted octanol–water partition coefficient (Wildman–Crippen LogP) is 0.907. The molecule has 0 aliphatic carbocycles. The lowest BCUT2D eigenvalue weighted by Crippen LogP contribution is -2.19. The van der Waals surface area contributed by atoms with Gasteiger partial charge >= 0.3 is 0 Å². The molecule has 0 aliphatic rings. The van der Waals surface area contributed by atoms with Crippen LogP contribution in [-0.2, 0) is 9.47 Å². The van der Waals surface area contributed by atoms with Crippen LogP contribution in [-0.4, -0.2) is 34.7 Å². The van der Waals surface area contributed by atoms with Crippen molar-refractivity contribution in [3.05, 3.63) is 0 Å². The maximum absolute atomic E-state index is 5.37. The van der Waals surface area contributed by atoms with Crippen LogP contribution >= 0.6 is 23.2 Å². The molecule has 0 unspecified atom stereocenters. The van der Waals surface area contributed by atoms with Crippen molar-refractivity contribution in [1.82, 2.24) is 0 Å². The third kappa shape index (κ3) is 8.72. The summed E-state index contributed by atoms with van der Waals surface area (Å²) in [7, 11) is 4.48. The molecule has 53 valence electrons. The van der Waals surface area contributed by atoms with Gasteiger partial charge in [-0.2, -0.15) is 0 Å². The van der Waals surface area contributed by atoms with Crippen LogP contribution in [0.1, 0.15) is 0 Å². The van der Waals surface area contributed by atoms with Crippen molar-refractivity contribution in [2.24, 2.45) is 0 Å². The SMILES string of the molecule is COCCOC([Si])(Cl)Cl. The Morgan fingerprint density at radius 2 is 2.00 bits per heavy atom. The topological polar surface area (TPSA) is 18.5 Å². The van der Waals surface area contributed by atoms with Gasteiger partial charge in [0.2, 0.25) is 0 Å². The summed E-state index contributed by atoms with van der Waals surface area (Å²) in [5.74, 6) is 0. The van der Waals surface area contributed by atoms with Gasteiger partial charge in [0.15, 0.2) is 4.14 Å². The quantitative estimate of drug-likeness (QED) is 0.369. The molecule has 0 N–H and O–H groups in total. The average molecular weight is 186 g/mol. The first-order valence-electron chi connectivity index (χ1n) is 2.32. The molecule has 0 bridgehead atoms. The summed E-state index contributed by atoms with van der Waals surface area (Å²) in [6.07, 6.45) is 0. The van der Waals surface area contributed by atoms with Crippen LogP contribution in [0.25, 0.3) is 0 Å². The molecule has 0 aromatic heterocycles. The Labute approximate surface area is 67.8 Å². The highest BCUT2D eigenvalue weighted by atomic mass is 35.5. The van der Waals surface area contributed by atoms with Crippen LogP contribution in [0.5, 0.6) is 0 Å². The Morgan fingerprint density at radius 3 is 2.33 bits per heavy atom. The van der Waals surface area contributed by atoms with Crippen LogP contribution in [0.15, 0.2) is 0 Å². The molecular formula is C4H7Cl2O2Si. The molecule has 0 saturated heterocycles. The number of methoxy groups -OCH3 is 1. The van der Waals surface area contributed by atoms with Gasteiger partial charge in [-0.05, 0) is 0 Å². The maximum Gasteiger partial charge on any atom is 0.191 e. The molecule has 0 aromatic rings. The van der Waals surface area contributed by atoms with Gasteiger partial charge in [-0.1, -0.05) is 23.2 Å². The zero-order valence-electron chi connectivity index (χ0n) is 4.99. The fraction of sp³-hybridized carbons (Fsp3) is 1.00. The van der Waals surface area contributed by atoms with Crippen molar-refractivity contribution >= 4 is 33.4 Å². The van der Waals surface area contributed by atoms with E-state index in [0.717, 1.165) is 0 Å². The van der Waals surface area contributed by atoms with Gasteiger partial charge in [-0.25, -0.2) is 0 Å². The minimum absolute atomic E-state index is 0.368. The van der Waals surface area contributed by atoms with Crippen molar-refractivity contribution in [2.75, 3.05) is 20.3 Å². The molecule has 5 heteroatoms. The van der Waals surface area contributed by atoms with Crippen molar-refractivity contribution < 1.29 is 9.47 Å². The van der Waals surface area contributed by atoms with Gasteiger partial charge in [-0.15, -0.1) is 0 Å². The number of halogens is 2. The fourth-order valence-corrected chi connectivity index (χ4v) is 0.510. The van der Waals surface area contributed by atoms with E-state index in [2.05, 4.69) is 15.0 Å². The molecule has 2 nitrogen and oxygen atoms in total. The smallest absolute Gasteiger partial charge is 0.191 e. The first-order chi connectivity index (χ1) is 4.06. The first kappa shape index (κ1) is 9.72. The molecule has 0 atom stereocenters. The van der Waals surface area contributed by atoms with Gasteiger partial charge in [0, 0.05) is 7.11 Å². The van der Waals surface area contributed by atoms with E-state index in [4.69, 9.17) is 27.9 Å². The van der Waals surface area contributed by atoms with E-state index in [0.29, 0.717) is 13.2 Å². The second kappa shape index (κ2) is 4.52. The molecule has 0 aromatic carbocycles. The number of hydrogen-bond donors (Lipinski definition) is 0. The Balaban J connectivity index is 3.07. The van der Waals surface area contributed by atoms with E-state index in [1.165, 1.54) is 0 Å². The summed E-state index contributed by atoms with van der Waals surface area (Å²) in [5, 5.41) is 0. The van der Waals surface area contributed by atoms with E-state index in [-0.39, 0.29) is 0 Å². The van der Waals surface area contributed by atoms with Crippen molar-refractivity contribution in [1.29, 1.82) is 0 Å². The monoisotopic (exact) mass is 185 g/mol. The zero-order chi connectivity index (χ0) is 7.33. The van der Waals surface area contributed by atoms with Gasteiger partial charge in [0.05, 0.1) is 13.2 Å².